The summed E-state index contributed by atoms with van der Waals surface area (Å²) in [5, 5.41) is 9.74. The van der Waals surface area contributed by atoms with Crippen molar-refractivity contribution < 1.29 is 13.5 Å². The lowest BCUT2D eigenvalue weighted by atomic mass is 10.1. The molecule has 0 aromatic heterocycles. The zero-order valence-electron chi connectivity index (χ0n) is 10.3. The number of benzene rings is 1. The predicted octanol–water partition coefficient (Wildman–Crippen LogP) is 1.36. The van der Waals surface area contributed by atoms with Crippen LogP contribution in [0, 0.1) is 5.92 Å². The summed E-state index contributed by atoms with van der Waals surface area (Å²) in [6, 6.07) is 4.35. The molecule has 1 saturated carbocycles. The molecule has 4 N–H and O–H groups in total. The molecule has 1 aromatic carbocycles. The fourth-order valence-corrected chi connectivity index (χ4v) is 3.79. The zero-order chi connectivity index (χ0) is 14.0. The minimum absolute atomic E-state index is 0.00135. The molecular formula is C12H17ClN2O3S. The molecule has 0 saturated heterocycles. The molecule has 5 nitrogen and oxygen atoms in total. The number of hydrogen-bond acceptors (Lipinski definition) is 4. The van der Waals surface area contributed by atoms with E-state index in [-0.39, 0.29) is 22.6 Å². The lowest BCUT2D eigenvalue weighted by Gasteiger charge is -2.13. The van der Waals surface area contributed by atoms with Gasteiger partial charge in [-0.2, -0.15) is 0 Å². The number of aliphatic hydroxyl groups is 1. The Morgan fingerprint density at radius 2 is 2.16 bits per heavy atom. The highest BCUT2D eigenvalue weighted by molar-refractivity contribution is 7.89. The van der Waals surface area contributed by atoms with E-state index in [1.165, 1.54) is 12.1 Å². The van der Waals surface area contributed by atoms with Crippen molar-refractivity contribution >= 4 is 27.3 Å². The first-order chi connectivity index (χ1) is 8.88. The number of nitrogens with two attached hydrogens (primary N) is 1. The van der Waals surface area contributed by atoms with E-state index in [1.807, 2.05) is 0 Å². The highest BCUT2D eigenvalue weighted by Gasteiger charge is 2.25. The van der Waals surface area contributed by atoms with E-state index in [0.717, 1.165) is 12.8 Å². The van der Waals surface area contributed by atoms with E-state index >= 15 is 0 Å². The first kappa shape index (κ1) is 14.6. The fraction of sp³-hybridized carbons (Fsp3) is 0.500. The first-order valence-corrected chi connectivity index (χ1v) is 7.97. The predicted molar refractivity (Wildman–Crippen MR) is 74.4 cm³/mol. The summed E-state index contributed by atoms with van der Waals surface area (Å²) in [6.45, 7) is 0.311. The molecule has 1 aliphatic carbocycles. The van der Waals surface area contributed by atoms with Crippen LogP contribution in [-0.4, -0.2) is 26.2 Å². The lowest BCUT2D eigenvalue weighted by Crippen LogP contribution is -2.29. The summed E-state index contributed by atoms with van der Waals surface area (Å²) in [5.74, 6) is 0.171. The minimum Gasteiger partial charge on any atom is -0.398 e. The number of nitrogens with one attached hydrogen (secondary N) is 1. The van der Waals surface area contributed by atoms with Gasteiger partial charge in [0.25, 0.3) is 0 Å². The monoisotopic (exact) mass is 304 g/mol. The number of anilines is 1. The van der Waals surface area contributed by atoms with Crippen molar-refractivity contribution in [3.05, 3.63) is 23.2 Å². The maximum Gasteiger partial charge on any atom is 0.242 e. The van der Waals surface area contributed by atoms with Gasteiger partial charge in [0.05, 0.1) is 11.8 Å². The molecule has 2 rings (SSSR count). The molecule has 0 spiro atoms. The second-order valence-electron chi connectivity index (χ2n) is 4.87. The summed E-state index contributed by atoms with van der Waals surface area (Å²) < 4.78 is 26.8. The maximum atomic E-state index is 12.1. The van der Waals surface area contributed by atoms with Crippen LogP contribution in [0.3, 0.4) is 0 Å². The van der Waals surface area contributed by atoms with E-state index in [0.29, 0.717) is 18.0 Å². The van der Waals surface area contributed by atoms with Gasteiger partial charge >= 0.3 is 0 Å². The maximum absolute atomic E-state index is 12.1. The first-order valence-electron chi connectivity index (χ1n) is 6.11. The average Bonchev–Trinajstić information content (AvgIpc) is 2.76. The molecule has 0 heterocycles. The van der Waals surface area contributed by atoms with Gasteiger partial charge in [-0.3, -0.25) is 0 Å². The van der Waals surface area contributed by atoms with E-state index in [9.17, 15) is 13.5 Å². The van der Waals surface area contributed by atoms with Crippen LogP contribution in [0.5, 0.6) is 0 Å². The molecule has 1 fully saturated rings. The average molecular weight is 305 g/mol. The lowest BCUT2D eigenvalue weighted by molar-refractivity contribution is 0.178. The van der Waals surface area contributed by atoms with Crippen LogP contribution in [0.4, 0.5) is 5.69 Å². The van der Waals surface area contributed by atoms with Gasteiger partial charge in [-0.15, -0.1) is 0 Å². The Labute approximate surface area is 117 Å². The van der Waals surface area contributed by atoms with Crippen molar-refractivity contribution in [2.24, 2.45) is 5.92 Å². The van der Waals surface area contributed by atoms with Crippen molar-refractivity contribution in [2.45, 2.75) is 30.3 Å². The quantitative estimate of drug-likeness (QED) is 0.732. The topological polar surface area (TPSA) is 92.4 Å². The molecule has 7 heteroatoms. The number of hydrogen-bond donors (Lipinski definition) is 3. The summed E-state index contributed by atoms with van der Waals surface area (Å²) in [6.07, 6.45) is 1.87. The molecule has 1 aromatic rings. The third-order valence-corrected chi connectivity index (χ3v) is 5.06. The standard InChI is InChI=1S/C12H17ClN2O3S/c13-9-2-4-11(14)12(6-9)19(17,18)15-7-8-1-3-10(16)5-8/h2,4,6,8,10,15-16H,1,3,5,7,14H2. The molecule has 0 aliphatic heterocycles. The summed E-state index contributed by atoms with van der Waals surface area (Å²) in [7, 11) is -3.66. The molecule has 0 amide bonds. The Bertz CT molecular complexity index is 562. The van der Waals surface area contributed by atoms with Crippen molar-refractivity contribution in [3.63, 3.8) is 0 Å². The number of nitrogen functional groups attached to an aromatic ring is 1. The van der Waals surface area contributed by atoms with Gasteiger partial charge in [-0.1, -0.05) is 11.6 Å². The minimum atomic E-state index is -3.66. The van der Waals surface area contributed by atoms with Gasteiger partial charge in [-0.25, -0.2) is 13.1 Å². The Balaban J connectivity index is 2.08. The highest BCUT2D eigenvalue weighted by atomic mass is 35.5. The van der Waals surface area contributed by atoms with Gasteiger partial charge in [0.1, 0.15) is 4.90 Å². The molecule has 0 bridgehead atoms. The SMILES string of the molecule is Nc1ccc(Cl)cc1S(=O)(=O)NCC1CCC(O)C1. The van der Waals surface area contributed by atoms with E-state index in [2.05, 4.69) is 4.72 Å². The third kappa shape index (κ3) is 3.60. The van der Waals surface area contributed by atoms with E-state index in [4.69, 9.17) is 17.3 Å². The Kier molecular flexibility index (Phi) is 4.35. The highest BCUT2D eigenvalue weighted by Crippen LogP contribution is 2.26. The molecule has 2 unspecified atom stereocenters. The van der Waals surface area contributed by atoms with Crippen molar-refractivity contribution in [3.8, 4) is 0 Å². The largest absolute Gasteiger partial charge is 0.398 e. The Morgan fingerprint density at radius 1 is 1.42 bits per heavy atom. The molecule has 106 valence electrons. The van der Waals surface area contributed by atoms with E-state index < -0.39 is 10.0 Å². The van der Waals surface area contributed by atoms with Crippen molar-refractivity contribution in [1.82, 2.24) is 4.72 Å². The molecule has 2 atom stereocenters. The zero-order valence-corrected chi connectivity index (χ0v) is 11.9. The van der Waals surface area contributed by atoms with Crippen LogP contribution in [0.1, 0.15) is 19.3 Å². The van der Waals surface area contributed by atoms with Crippen molar-refractivity contribution in [1.29, 1.82) is 0 Å². The van der Waals surface area contributed by atoms with Crippen LogP contribution in [-0.2, 0) is 10.0 Å². The molecule has 19 heavy (non-hydrogen) atoms. The van der Waals surface area contributed by atoms with Gasteiger partial charge < -0.3 is 10.8 Å². The molecule has 0 radical (unpaired) electrons. The third-order valence-electron chi connectivity index (χ3n) is 3.34. The van der Waals surface area contributed by atoms with Gasteiger partial charge in [0.2, 0.25) is 10.0 Å². The second-order valence-corrected chi connectivity index (χ2v) is 7.04. The van der Waals surface area contributed by atoms with Crippen LogP contribution in [0.2, 0.25) is 5.02 Å². The molecular weight excluding hydrogens is 288 g/mol. The van der Waals surface area contributed by atoms with Crippen LogP contribution in [0.15, 0.2) is 23.1 Å². The number of rotatable bonds is 4. The second kappa shape index (κ2) is 5.66. The van der Waals surface area contributed by atoms with Crippen LogP contribution in [0.25, 0.3) is 0 Å². The Morgan fingerprint density at radius 3 is 2.79 bits per heavy atom. The van der Waals surface area contributed by atoms with E-state index in [1.54, 1.807) is 6.07 Å². The number of halogens is 1. The van der Waals surface area contributed by atoms with Gasteiger partial charge in [0.15, 0.2) is 0 Å². The summed E-state index contributed by atoms with van der Waals surface area (Å²) >= 11 is 5.79. The van der Waals surface area contributed by atoms with Gasteiger partial charge in [0, 0.05) is 11.6 Å². The van der Waals surface area contributed by atoms with Crippen LogP contribution >= 0.6 is 11.6 Å². The summed E-state index contributed by atoms with van der Waals surface area (Å²) in [4.78, 5) is -0.00135. The summed E-state index contributed by atoms with van der Waals surface area (Å²) in [5.41, 5.74) is 5.83. The van der Waals surface area contributed by atoms with Crippen LogP contribution < -0.4 is 10.5 Å². The normalized spacial score (nSPS) is 23.7. The fourth-order valence-electron chi connectivity index (χ4n) is 2.28. The van der Waals surface area contributed by atoms with Gasteiger partial charge in [-0.05, 0) is 43.4 Å². The molecule has 1 aliphatic rings. The number of sulfonamides is 1. The smallest absolute Gasteiger partial charge is 0.242 e. The van der Waals surface area contributed by atoms with Crippen molar-refractivity contribution in [2.75, 3.05) is 12.3 Å². The Hall–Kier alpha value is -0.820. The number of aliphatic hydroxyl groups excluding tert-OH is 1.